The van der Waals surface area contributed by atoms with Crippen molar-refractivity contribution in [2.45, 2.75) is 0 Å². The van der Waals surface area contributed by atoms with Crippen molar-refractivity contribution in [2.24, 2.45) is 0 Å². The normalized spacial score (nSPS) is 11.5. The fourth-order valence-corrected chi connectivity index (χ4v) is 8.16. The Morgan fingerprint density at radius 1 is 0.316 bits per heavy atom. The molecule has 6 aromatic carbocycles. The van der Waals surface area contributed by atoms with E-state index in [1.54, 1.807) is 12.4 Å². The number of hydrogen-bond donors (Lipinski definition) is 0. The van der Waals surface area contributed by atoms with Crippen LogP contribution in [0.5, 0.6) is 0 Å². The molecule has 0 fully saturated rings. The molecular formula is C52H33N5. The summed E-state index contributed by atoms with van der Waals surface area (Å²) in [6.45, 7) is 0. The van der Waals surface area contributed by atoms with E-state index in [4.69, 9.17) is 9.97 Å². The van der Waals surface area contributed by atoms with E-state index in [1.807, 2.05) is 36.4 Å². The van der Waals surface area contributed by atoms with E-state index >= 15 is 0 Å². The molecule has 5 heterocycles. The van der Waals surface area contributed by atoms with Gasteiger partial charge in [0.15, 0.2) is 0 Å². The van der Waals surface area contributed by atoms with E-state index in [-0.39, 0.29) is 0 Å². The van der Waals surface area contributed by atoms with Gasteiger partial charge in [-0.25, -0.2) is 9.97 Å². The third-order valence-corrected chi connectivity index (χ3v) is 10.9. The number of aromatic nitrogens is 5. The number of hydrogen-bond acceptors (Lipinski definition) is 4. The Hall–Kier alpha value is -7.76. The average molecular weight is 728 g/mol. The van der Waals surface area contributed by atoms with Crippen molar-refractivity contribution in [2.75, 3.05) is 0 Å². The molecule has 0 aliphatic heterocycles. The molecule has 0 bridgehead atoms. The second kappa shape index (κ2) is 13.5. The summed E-state index contributed by atoms with van der Waals surface area (Å²) in [5, 5.41) is 5.88. The molecule has 0 saturated carbocycles. The summed E-state index contributed by atoms with van der Waals surface area (Å²) in [5.74, 6) is 0. The lowest BCUT2D eigenvalue weighted by atomic mass is 9.95. The van der Waals surface area contributed by atoms with Crippen molar-refractivity contribution in [3.8, 4) is 62.0 Å². The molecule has 5 nitrogen and oxygen atoms in total. The molecule has 0 aliphatic carbocycles. The van der Waals surface area contributed by atoms with Crippen LogP contribution >= 0.6 is 0 Å². The highest BCUT2D eigenvalue weighted by Crippen LogP contribution is 2.41. The summed E-state index contributed by atoms with van der Waals surface area (Å²) in [7, 11) is 0. The van der Waals surface area contributed by atoms with Crippen LogP contribution in [0.2, 0.25) is 0 Å². The van der Waals surface area contributed by atoms with Gasteiger partial charge in [-0.15, -0.1) is 0 Å². The topological polar surface area (TPSA) is 56.5 Å². The lowest BCUT2D eigenvalue weighted by molar-refractivity contribution is 1.18. The van der Waals surface area contributed by atoms with Gasteiger partial charge in [0.25, 0.3) is 0 Å². The highest BCUT2D eigenvalue weighted by molar-refractivity contribution is 6.20. The van der Waals surface area contributed by atoms with Crippen LogP contribution in [0.1, 0.15) is 0 Å². The minimum atomic E-state index is 0.807. The molecule has 11 aromatic rings. The van der Waals surface area contributed by atoms with Gasteiger partial charge in [-0.1, -0.05) is 115 Å². The summed E-state index contributed by atoms with van der Waals surface area (Å²) < 4.78 is 2.38. The Balaban J connectivity index is 1.06. The van der Waals surface area contributed by atoms with Gasteiger partial charge in [0, 0.05) is 45.2 Å². The van der Waals surface area contributed by atoms with Gasteiger partial charge < -0.3 is 4.57 Å². The van der Waals surface area contributed by atoms with E-state index in [0.717, 1.165) is 78.3 Å². The Morgan fingerprint density at radius 2 is 0.930 bits per heavy atom. The molecule has 266 valence electrons. The molecular weight excluding hydrogens is 695 g/mol. The summed E-state index contributed by atoms with van der Waals surface area (Å²) in [5.41, 5.74) is 14.2. The predicted octanol–water partition coefficient (Wildman–Crippen LogP) is 13.0. The molecule has 0 amide bonds. The maximum Gasteiger partial charge on any atom is 0.0900 e. The van der Waals surface area contributed by atoms with E-state index in [0.29, 0.717) is 0 Å². The lowest BCUT2D eigenvalue weighted by Crippen LogP contribution is -1.94. The fraction of sp³-hybridized carbons (Fsp3) is 0. The van der Waals surface area contributed by atoms with Crippen LogP contribution in [0.3, 0.4) is 0 Å². The number of nitrogens with zero attached hydrogens (tertiary/aromatic N) is 5. The zero-order chi connectivity index (χ0) is 37.7. The molecule has 0 spiro atoms. The highest BCUT2D eigenvalue weighted by Gasteiger charge is 2.18. The van der Waals surface area contributed by atoms with Crippen LogP contribution in [0.15, 0.2) is 200 Å². The quantitative estimate of drug-likeness (QED) is 0.160. The van der Waals surface area contributed by atoms with Gasteiger partial charge in [0.05, 0.1) is 45.0 Å². The van der Waals surface area contributed by atoms with Gasteiger partial charge in [-0.05, 0) is 100 Å². The molecule has 5 heteroatoms. The van der Waals surface area contributed by atoms with E-state index in [9.17, 15) is 0 Å². The standard InChI is InChI=1S/C52H33N5/c1-3-13-36(14-4-1)52-44-32-43-41-17-7-8-20-50(41)57(39-15-5-2-6-16-39)51(43)33-42(44)40-26-25-37(29-47(40)56-52)34-21-23-35(24-22-34)38-30-48(45-18-9-11-27-53-45)55-49(31-38)46-19-10-12-28-54-46/h1-33H. The number of rotatable bonds is 6. The monoisotopic (exact) mass is 727 g/mol. The van der Waals surface area contributed by atoms with Crippen LogP contribution in [0.4, 0.5) is 0 Å². The molecule has 0 atom stereocenters. The van der Waals surface area contributed by atoms with E-state index < -0.39 is 0 Å². The molecule has 5 aromatic heterocycles. The second-order valence-corrected chi connectivity index (χ2v) is 14.3. The molecule has 0 unspecified atom stereocenters. The first-order chi connectivity index (χ1) is 28.2. The van der Waals surface area contributed by atoms with Crippen molar-refractivity contribution >= 4 is 43.5 Å². The average Bonchev–Trinajstić information content (AvgIpc) is 3.62. The third kappa shape index (κ3) is 5.72. The first-order valence-corrected chi connectivity index (χ1v) is 19.1. The van der Waals surface area contributed by atoms with Crippen LogP contribution in [0.25, 0.3) is 105 Å². The van der Waals surface area contributed by atoms with Gasteiger partial charge in [-0.2, -0.15) is 0 Å². The van der Waals surface area contributed by atoms with Gasteiger partial charge in [0.1, 0.15) is 0 Å². The summed E-state index contributed by atoms with van der Waals surface area (Å²) >= 11 is 0. The molecule has 11 rings (SSSR count). The third-order valence-electron chi connectivity index (χ3n) is 10.9. The maximum absolute atomic E-state index is 5.43. The maximum atomic E-state index is 5.43. The Morgan fingerprint density at radius 3 is 1.61 bits per heavy atom. The Kier molecular flexibility index (Phi) is 7.74. The summed E-state index contributed by atoms with van der Waals surface area (Å²) in [6.07, 6.45) is 3.60. The number of pyridine rings is 4. The molecule has 0 aliphatic rings. The van der Waals surface area contributed by atoms with Crippen molar-refractivity contribution in [3.05, 3.63) is 200 Å². The zero-order valence-corrected chi connectivity index (χ0v) is 30.8. The summed E-state index contributed by atoms with van der Waals surface area (Å²) in [6, 6.07) is 66.1. The number of benzene rings is 6. The van der Waals surface area contributed by atoms with Crippen molar-refractivity contribution in [1.29, 1.82) is 0 Å². The van der Waals surface area contributed by atoms with E-state index in [2.05, 4.69) is 166 Å². The van der Waals surface area contributed by atoms with Gasteiger partial charge in [0.2, 0.25) is 0 Å². The first kappa shape index (κ1) is 32.7. The van der Waals surface area contributed by atoms with Crippen LogP contribution in [0, 0.1) is 0 Å². The molecule has 0 radical (unpaired) electrons. The predicted molar refractivity (Wildman–Crippen MR) is 234 cm³/mol. The van der Waals surface area contributed by atoms with Crippen LogP contribution in [-0.4, -0.2) is 24.5 Å². The minimum Gasteiger partial charge on any atom is -0.309 e. The van der Waals surface area contributed by atoms with Gasteiger partial charge in [-0.3, -0.25) is 9.97 Å². The van der Waals surface area contributed by atoms with Crippen LogP contribution < -0.4 is 0 Å². The van der Waals surface area contributed by atoms with Crippen LogP contribution in [-0.2, 0) is 0 Å². The van der Waals surface area contributed by atoms with Gasteiger partial charge >= 0.3 is 0 Å². The summed E-state index contributed by atoms with van der Waals surface area (Å²) in [4.78, 5) is 19.6. The SMILES string of the molecule is c1ccc(-c2nc3cc(-c4ccc(-c5cc(-c6ccccn6)nc(-c6ccccn6)c5)cc4)ccc3c3cc4c(cc23)c2ccccc2n4-c2ccccc2)cc1. The molecule has 0 saturated heterocycles. The van der Waals surface area contributed by atoms with Crippen molar-refractivity contribution in [1.82, 2.24) is 24.5 Å². The lowest BCUT2D eigenvalue weighted by Gasteiger charge is -2.14. The number of fused-ring (bicyclic) bond motifs is 6. The minimum absolute atomic E-state index is 0.807. The molecule has 57 heavy (non-hydrogen) atoms. The van der Waals surface area contributed by atoms with E-state index in [1.165, 1.54) is 27.2 Å². The largest absolute Gasteiger partial charge is 0.309 e. The fourth-order valence-electron chi connectivity index (χ4n) is 8.16. The zero-order valence-electron chi connectivity index (χ0n) is 30.8. The second-order valence-electron chi connectivity index (χ2n) is 14.3. The highest BCUT2D eigenvalue weighted by atomic mass is 15.0. The van der Waals surface area contributed by atoms with Crippen molar-refractivity contribution in [3.63, 3.8) is 0 Å². The smallest absolute Gasteiger partial charge is 0.0900 e. The first-order valence-electron chi connectivity index (χ1n) is 19.1. The molecule has 0 N–H and O–H groups in total. The van der Waals surface area contributed by atoms with Crippen molar-refractivity contribution < 1.29 is 0 Å². The Bertz CT molecular complexity index is 3190. The number of para-hydroxylation sites is 2. The Labute approximate surface area is 329 Å².